The van der Waals surface area contributed by atoms with E-state index in [1.807, 2.05) is 91.0 Å². The summed E-state index contributed by atoms with van der Waals surface area (Å²) < 4.78 is 0. The molecule has 0 spiro atoms. The van der Waals surface area contributed by atoms with Crippen LogP contribution < -0.4 is 5.32 Å². The average Bonchev–Trinajstić information content (AvgIpc) is 2.84. The van der Waals surface area contributed by atoms with Crippen molar-refractivity contribution < 1.29 is 4.79 Å². The lowest BCUT2D eigenvalue weighted by Gasteiger charge is -2.10. The zero-order chi connectivity index (χ0) is 21.5. The summed E-state index contributed by atoms with van der Waals surface area (Å²) >= 11 is 1.34. The molecule has 0 aliphatic rings. The molecule has 0 unspecified atom stereocenters. The summed E-state index contributed by atoms with van der Waals surface area (Å²) in [7, 11) is 0. The number of aromatic nitrogens is 2. The summed E-state index contributed by atoms with van der Waals surface area (Å²) in [5, 5.41) is 3.59. The van der Waals surface area contributed by atoms with Crippen molar-refractivity contribution in [2.24, 2.45) is 0 Å². The monoisotopic (exact) mass is 425 g/mol. The number of benzene rings is 3. The van der Waals surface area contributed by atoms with Gasteiger partial charge in [0.25, 0.3) is 0 Å². The molecule has 4 nitrogen and oxygen atoms in total. The molecule has 0 radical (unpaired) electrons. The molecule has 0 atom stereocenters. The van der Waals surface area contributed by atoms with Crippen LogP contribution in [0, 0.1) is 0 Å². The molecule has 5 heteroatoms. The summed E-state index contributed by atoms with van der Waals surface area (Å²) in [4.78, 5) is 22.0. The molecule has 3 aromatic carbocycles. The molecule has 31 heavy (non-hydrogen) atoms. The van der Waals surface area contributed by atoms with Crippen LogP contribution >= 0.6 is 11.8 Å². The lowest BCUT2D eigenvalue weighted by Crippen LogP contribution is -2.15. The van der Waals surface area contributed by atoms with Crippen LogP contribution in [0.1, 0.15) is 12.5 Å². The van der Waals surface area contributed by atoms with Gasteiger partial charge in [-0.2, -0.15) is 0 Å². The van der Waals surface area contributed by atoms with Crippen molar-refractivity contribution in [3.63, 3.8) is 0 Å². The predicted molar refractivity (Wildman–Crippen MR) is 128 cm³/mol. The van der Waals surface area contributed by atoms with Crippen molar-refractivity contribution in [2.45, 2.75) is 18.5 Å². The summed E-state index contributed by atoms with van der Waals surface area (Å²) in [6.07, 6.45) is 0.867. The number of carbonyl (C=O) groups excluding carboxylic acids is 1. The number of hydrogen-bond donors (Lipinski definition) is 1. The Balaban J connectivity index is 1.56. The van der Waals surface area contributed by atoms with E-state index < -0.39 is 0 Å². The fraction of sp³-hybridized carbons (Fsp3) is 0.115. The maximum atomic E-state index is 12.6. The number of aryl methyl sites for hydroxylation is 1. The number of nitrogens with one attached hydrogen (secondary N) is 1. The topological polar surface area (TPSA) is 54.9 Å². The molecule has 154 valence electrons. The van der Waals surface area contributed by atoms with Crippen LogP contribution in [0.5, 0.6) is 0 Å². The largest absolute Gasteiger partial charge is 0.325 e. The molecular formula is C26H23N3OS. The first kappa shape index (κ1) is 20.8. The van der Waals surface area contributed by atoms with Gasteiger partial charge in [-0.1, -0.05) is 97.5 Å². The fourth-order valence-corrected chi connectivity index (χ4v) is 3.93. The molecule has 4 rings (SSSR count). The molecule has 1 heterocycles. The first-order valence-corrected chi connectivity index (χ1v) is 11.2. The van der Waals surface area contributed by atoms with E-state index in [1.54, 1.807) is 0 Å². The highest BCUT2D eigenvalue weighted by molar-refractivity contribution is 7.99. The van der Waals surface area contributed by atoms with Crippen molar-refractivity contribution in [1.82, 2.24) is 9.97 Å². The fourth-order valence-electron chi connectivity index (χ4n) is 3.27. The Morgan fingerprint density at radius 2 is 1.35 bits per heavy atom. The third-order valence-electron chi connectivity index (χ3n) is 4.85. The third-order valence-corrected chi connectivity index (χ3v) is 5.70. The van der Waals surface area contributed by atoms with Crippen LogP contribution in [0.15, 0.2) is 96.2 Å². The van der Waals surface area contributed by atoms with Gasteiger partial charge in [-0.05, 0) is 24.1 Å². The number of thioether (sulfide) groups is 1. The summed E-state index contributed by atoms with van der Waals surface area (Å²) in [5.74, 6) is 0.172. The minimum absolute atomic E-state index is 0.0686. The van der Waals surface area contributed by atoms with Gasteiger partial charge in [0.1, 0.15) is 0 Å². The number of anilines is 1. The van der Waals surface area contributed by atoms with Gasteiger partial charge in [0.05, 0.1) is 17.1 Å². The Kier molecular flexibility index (Phi) is 6.75. The van der Waals surface area contributed by atoms with Crippen LogP contribution in [0.4, 0.5) is 5.69 Å². The van der Waals surface area contributed by atoms with E-state index in [-0.39, 0.29) is 11.7 Å². The first-order valence-electron chi connectivity index (χ1n) is 10.2. The highest BCUT2D eigenvalue weighted by atomic mass is 32.2. The standard InChI is InChI=1S/C26H23N3OS/c1-2-19-11-9-10-16-22(19)27-25(30)18-31-26-28-23(20-12-5-3-6-13-20)17-24(29-26)21-14-7-4-8-15-21/h3-17H,2,18H2,1H3,(H,27,30). The zero-order valence-electron chi connectivity index (χ0n) is 17.3. The maximum absolute atomic E-state index is 12.6. The van der Waals surface area contributed by atoms with Gasteiger partial charge in [0.15, 0.2) is 5.16 Å². The van der Waals surface area contributed by atoms with Crippen LogP contribution in [-0.4, -0.2) is 21.6 Å². The average molecular weight is 426 g/mol. The number of carbonyl (C=O) groups is 1. The highest BCUT2D eigenvalue weighted by Crippen LogP contribution is 2.27. The summed E-state index contributed by atoms with van der Waals surface area (Å²) in [5.41, 5.74) is 5.70. The SMILES string of the molecule is CCc1ccccc1NC(=O)CSc1nc(-c2ccccc2)cc(-c2ccccc2)n1. The maximum Gasteiger partial charge on any atom is 0.234 e. The van der Waals surface area contributed by atoms with E-state index in [4.69, 9.17) is 9.97 Å². The summed E-state index contributed by atoms with van der Waals surface area (Å²) in [6, 6.07) is 29.9. The van der Waals surface area contributed by atoms with E-state index >= 15 is 0 Å². The number of nitrogens with zero attached hydrogens (tertiary/aromatic N) is 2. The van der Waals surface area contributed by atoms with Gasteiger partial charge < -0.3 is 5.32 Å². The molecule has 0 fully saturated rings. The van der Waals surface area contributed by atoms with Crippen molar-refractivity contribution >= 4 is 23.4 Å². The molecule has 1 aromatic heterocycles. The molecular weight excluding hydrogens is 402 g/mol. The van der Waals surface area contributed by atoms with Gasteiger partial charge in [-0.3, -0.25) is 4.79 Å². The Bertz CT molecular complexity index is 1110. The van der Waals surface area contributed by atoms with Crippen molar-refractivity contribution in [1.29, 1.82) is 0 Å². The minimum atomic E-state index is -0.0686. The van der Waals surface area contributed by atoms with Gasteiger partial charge >= 0.3 is 0 Å². The highest BCUT2D eigenvalue weighted by Gasteiger charge is 2.12. The second-order valence-corrected chi connectivity index (χ2v) is 7.94. The van der Waals surface area contributed by atoms with E-state index in [2.05, 4.69) is 12.2 Å². The lowest BCUT2D eigenvalue weighted by atomic mass is 10.1. The van der Waals surface area contributed by atoms with E-state index in [0.29, 0.717) is 5.16 Å². The van der Waals surface area contributed by atoms with E-state index in [0.717, 1.165) is 40.2 Å². The Labute approximate surface area is 186 Å². The first-order chi connectivity index (χ1) is 15.2. The van der Waals surface area contributed by atoms with E-state index in [9.17, 15) is 4.79 Å². The summed E-state index contributed by atoms with van der Waals surface area (Å²) in [6.45, 7) is 2.08. The molecule has 0 saturated heterocycles. The molecule has 4 aromatic rings. The number of rotatable bonds is 7. The third kappa shape index (κ3) is 5.38. The second-order valence-electron chi connectivity index (χ2n) is 7.00. The normalized spacial score (nSPS) is 10.6. The molecule has 1 amide bonds. The quantitative estimate of drug-likeness (QED) is 0.287. The molecule has 0 aliphatic heterocycles. The molecule has 0 aliphatic carbocycles. The zero-order valence-corrected chi connectivity index (χ0v) is 18.1. The van der Waals surface area contributed by atoms with Crippen LogP contribution in [0.3, 0.4) is 0 Å². The molecule has 0 saturated carbocycles. The van der Waals surface area contributed by atoms with Crippen molar-refractivity contribution in [3.8, 4) is 22.5 Å². The van der Waals surface area contributed by atoms with Crippen LogP contribution in [0.25, 0.3) is 22.5 Å². The number of hydrogen-bond acceptors (Lipinski definition) is 4. The molecule has 1 N–H and O–H groups in total. The second kappa shape index (κ2) is 10.0. The Morgan fingerprint density at radius 3 is 1.94 bits per heavy atom. The van der Waals surface area contributed by atoms with Gasteiger partial charge in [-0.15, -0.1) is 0 Å². The van der Waals surface area contributed by atoms with Crippen LogP contribution in [0.2, 0.25) is 0 Å². The van der Waals surface area contributed by atoms with Gasteiger partial charge in [-0.25, -0.2) is 9.97 Å². The van der Waals surface area contributed by atoms with Gasteiger partial charge in [0, 0.05) is 16.8 Å². The Hall–Kier alpha value is -3.44. The van der Waals surface area contributed by atoms with Crippen molar-refractivity contribution in [3.05, 3.63) is 96.6 Å². The smallest absolute Gasteiger partial charge is 0.234 e. The minimum Gasteiger partial charge on any atom is -0.325 e. The number of para-hydroxylation sites is 1. The predicted octanol–water partition coefficient (Wildman–Crippen LogP) is 6.10. The number of amides is 1. The molecule has 0 bridgehead atoms. The van der Waals surface area contributed by atoms with Gasteiger partial charge in [0.2, 0.25) is 5.91 Å². The van der Waals surface area contributed by atoms with E-state index in [1.165, 1.54) is 11.8 Å². The lowest BCUT2D eigenvalue weighted by molar-refractivity contribution is -0.113. The Morgan fingerprint density at radius 1 is 0.806 bits per heavy atom. The van der Waals surface area contributed by atoms with Crippen molar-refractivity contribution in [2.75, 3.05) is 11.1 Å². The van der Waals surface area contributed by atoms with Crippen LogP contribution in [-0.2, 0) is 11.2 Å².